The maximum atomic E-state index is 5.05. The lowest BCUT2D eigenvalue weighted by atomic mass is 9.96. The molecule has 4 heteroatoms. The summed E-state index contributed by atoms with van der Waals surface area (Å²) in [5.74, 6) is 0.449. The number of benzene rings is 1. The Bertz CT molecular complexity index is 875. The predicted octanol–water partition coefficient (Wildman–Crippen LogP) is 7.94. The van der Waals surface area contributed by atoms with Crippen LogP contribution in [0, 0.1) is 12.8 Å². The van der Waals surface area contributed by atoms with Gasteiger partial charge in [0.05, 0.1) is 5.69 Å². The molecule has 0 aliphatic carbocycles. The number of hydrogen-bond donors (Lipinski definition) is 0. The van der Waals surface area contributed by atoms with Gasteiger partial charge in [0.15, 0.2) is 0 Å². The highest BCUT2D eigenvalue weighted by Crippen LogP contribution is 2.43. The number of aromatic nitrogens is 1. The Balaban J connectivity index is 1.98. The fourth-order valence-corrected chi connectivity index (χ4v) is 5.68. The van der Waals surface area contributed by atoms with E-state index in [-0.39, 0.29) is 0 Å². The van der Waals surface area contributed by atoms with Gasteiger partial charge >= 0.3 is 0 Å². The summed E-state index contributed by atoms with van der Waals surface area (Å²) in [5.41, 5.74) is 5.15. The minimum atomic E-state index is 0.449. The summed E-state index contributed by atoms with van der Waals surface area (Å²) in [6, 6.07) is 14.5. The van der Waals surface area contributed by atoms with Gasteiger partial charge in [-0.05, 0) is 72.3 Å². The van der Waals surface area contributed by atoms with E-state index >= 15 is 0 Å². The number of allylic oxidation sites excluding steroid dienone is 2. The summed E-state index contributed by atoms with van der Waals surface area (Å²) in [4.78, 5) is 11.0. The average Bonchev–Trinajstić information content (AvgIpc) is 2.71. The average molecular weight is 409 g/mol. The molecule has 1 atom stereocenters. The van der Waals surface area contributed by atoms with Crippen LogP contribution in [0.5, 0.6) is 0 Å². The van der Waals surface area contributed by atoms with Gasteiger partial charge in [0, 0.05) is 6.20 Å². The van der Waals surface area contributed by atoms with E-state index in [1.807, 2.05) is 30.1 Å². The zero-order valence-electron chi connectivity index (χ0n) is 17.1. The van der Waals surface area contributed by atoms with Crippen LogP contribution < -0.4 is 0 Å². The normalized spacial score (nSPS) is 20.0. The van der Waals surface area contributed by atoms with Crippen molar-refractivity contribution < 1.29 is 0 Å². The second-order valence-electron chi connectivity index (χ2n) is 7.05. The molecular weight excluding hydrogens is 380 g/mol. The molecule has 1 aliphatic rings. The number of nitrogens with zero attached hydrogens (tertiary/aromatic N) is 2. The number of thioether (sulfide) groups is 2. The van der Waals surface area contributed by atoms with Gasteiger partial charge in [0.25, 0.3) is 0 Å². The van der Waals surface area contributed by atoms with Crippen molar-refractivity contribution in [3.8, 4) is 0 Å². The van der Waals surface area contributed by atoms with Crippen LogP contribution in [0.4, 0.5) is 5.69 Å². The van der Waals surface area contributed by atoms with Crippen molar-refractivity contribution in [3.05, 3.63) is 75.7 Å². The minimum Gasteiger partial charge on any atom is -0.250 e. The standard InChI is InChI=1S/C24H28N2S2/c1-5-19(6-2)22-15-18(4)21(16-27-23-9-7-8-14-25-23)24(28-22)26-20-12-10-17(3)11-13-20/h7-14,16,18H,5-6,15H2,1-4H3/b21-16+,26-24?. The van der Waals surface area contributed by atoms with Crippen LogP contribution in [0.2, 0.25) is 0 Å². The first-order chi connectivity index (χ1) is 13.6. The van der Waals surface area contributed by atoms with Crippen LogP contribution in [0.1, 0.15) is 45.6 Å². The monoisotopic (exact) mass is 408 g/mol. The molecule has 2 heterocycles. The predicted molar refractivity (Wildman–Crippen MR) is 125 cm³/mol. The highest BCUT2D eigenvalue weighted by atomic mass is 32.2. The van der Waals surface area contributed by atoms with Crippen molar-refractivity contribution in [2.75, 3.05) is 0 Å². The van der Waals surface area contributed by atoms with Gasteiger partial charge in [-0.1, -0.05) is 73.6 Å². The summed E-state index contributed by atoms with van der Waals surface area (Å²) >= 11 is 3.55. The van der Waals surface area contributed by atoms with E-state index in [1.165, 1.54) is 16.0 Å². The summed E-state index contributed by atoms with van der Waals surface area (Å²) in [6.45, 7) is 8.95. The first-order valence-electron chi connectivity index (χ1n) is 9.92. The van der Waals surface area contributed by atoms with Crippen molar-refractivity contribution in [2.45, 2.75) is 52.0 Å². The first kappa shape index (κ1) is 20.9. The Morgan fingerprint density at radius 1 is 1.18 bits per heavy atom. The van der Waals surface area contributed by atoms with Crippen molar-refractivity contribution in [1.82, 2.24) is 4.98 Å². The molecule has 0 radical (unpaired) electrons. The molecule has 0 saturated carbocycles. The van der Waals surface area contributed by atoms with Crippen LogP contribution in [-0.4, -0.2) is 10.0 Å². The lowest BCUT2D eigenvalue weighted by Gasteiger charge is -2.27. The Kier molecular flexibility index (Phi) is 7.57. The lowest BCUT2D eigenvalue weighted by Crippen LogP contribution is -2.15. The van der Waals surface area contributed by atoms with Crippen molar-refractivity contribution in [2.24, 2.45) is 10.9 Å². The molecule has 1 saturated heterocycles. The molecule has 0 amide bonds. The molecule has 28 heavy (non-hydrogen) atoms. The molecule has 1 aliphatic heterocycles. The SMILES string of the molecule is CCC(CC)=C1CC(C)/C(=C\Sc2ccccn2)C(=Nc2ccc(C)cc2)S1. The molecule has 1 unspecified atom stereocenters. The van der Waals surface area contributed by atoms with Crippen molar-refractivity contribution >= 4 is 34.3 Å². The van der Waals surface area contributed by atoms with Gasteiger partial charge in [-0.2, -0.15) is 0 Å². The van der Waals surface area contributed by atoms with Crippen LogP contribution >= 0.6 is 23.5 Å². The van der Waals surface area contributed by atoms with Gasteiger partial charge < -0.3 is 0 Å². The molecule has 3 rings (SSSR count). The molecule has 1 aromatic carbocycles. The maximum absolute atomic E-state index is 5.05. The Labute approximate surface area is 177 Å². The number of hydrogen-bond acceptors (Lipinski definition) is 4. The zero-order valence-corrected chi connectivity index (χ0v) is 18.7. The third-order valence-electron chi connectivity index (χ3n) is 4.95. The second-order valence-corrected chi connectivity index (χ2v) is 9.03. The fourth-order valence-electron chi connectivity index (χ4n) is 3.21. The largest absolute Gasteiger partial charge is 0.250 e. The van der Waals surface area contributed by atoms with Crippen LogP contribution in [0.25, 0.3) is 0 Å². The van der Waals surface area contributed by atoms with Gasteiger partial charge in [-0.25, -0.2) is 9.98 Å². The molecule has 0 N–H and O–H groups in total. The summed E-state index contributed by atoms with van der Waals surface area (Å²) in [6.07, 6.45) is 5.18. The van der Waals surface area contributed by atoms with E-state index in [0.29, 0.717) is 5.92 Å². The molecular formula is C24H28N2S2. The highest BCUT2D eigenvalue weighted by Gasteiger charge is 2.26. The second kappa shape index (κ2) is 10.1. The molecule has 1 fully saturated rings. The van der Waals surface area contributed by atoms with E-state index in [9.17, 15) is 0 Å². The molecule has 0 bridgehead atoms. The molecule has 2 nitrogen and oxygen atoms in total. The Morgan fingerprint density at radius 3 is 2.57 bits per heavy atom. The summed E-state index contributed by atoms with van der Waals surface area (Å²) < 4.78 is 0. The molecule has 1 aromatic heterocycles. The smallest absolute Gasteiger partial charge is 0.105 e. The lowest BCUT2D eigenvalue weighted by molar-refractivity contribution is 0.704. The summed E-state index contributed by atoms with van der Waals surface area (Å²) in [5, 5.41) is 4.40. The van der Waals surface area contributed by atoms with Crippen LogP contribution in [-0.2, 0) is 0 Å². The number of aliphatic imine (C=N–C) groups is 1. The topological polar surface area (TPSA) is 25.2 Å². The van der Waals surface area contributed by atoms with E-state index < -0.39 is 0 Å². The quantitative estimate of drug-likeness (QED) is 0.469. The highest BCUT2D eigenvalue weighted by molar-refractivity contribution is 8.17. The maximum Gasteiger partial charge on any atom is 0.105 e. The first-order valence-corrected chi connectivity index (χ1v) is 11.6. The van der Waals surface area contributed by atoms with Crippen molar-refractivity contribution in [3.63, 3.8) is 0 Å². The van der Waals surface area contributed by atoms with Gasteiger partial charge in [-0.15, -0.1) is 0 Å². The van der Waals surface area contributed by atoms with Gasteiger partial charge in [0.2, 0.25) is 0 Å². The Morgan fingerprint density at radius 2 is 1.93 bits per heavy atom. The third-order valence-corrected chi connectivity index (χ3v) is 7.02. The zero-order chi connectivity index (χ0) is 19.9. The van der Waals surface area contributed by atoms with Gasteiger partial charge in [-0.3, -0.25) is 0 Å². The van der Waals surface area contributed by atoms with Crippen LogP contribution in [0.15, 0.2) is 80.1 Å². The van der Waals surface area contributed by atoms with E-state index in [0.717, 1.165) is 35.0 Å². The van der Waals surface area contributed by atoms with Crippen LogP contribution in [0.3, 0.4) is 0 Å². The molecule has 2 aromatic rings. The third kappa shape index (κ3) is 5.39. The van der Waals surface area contributed by atoms with Crippen molar-refractivity contribution in [1.29, 1.82) is 0 Å². The van der Waals surface area contributed by atoms with Gasteiger partial charge in [0.1, 0.15) is 10.1 Å². The van der Waals surface area contributed by atoms with E-state index in [1.54, 1.807) is 17.3 Å². The number of pyridine rings is 1. The number of rotatable bonds is 5. The minimum absolute atomic E-state index is 0.449. The van der Waals surface area contributed by atoms with E-state index in [4.69, 9.17) is 4.99 Å². The fraction of sp³-hybridized carbons (Fsp3) is 0.333. The molecule has 0 spiro atoms. The molecule has 146 valence electrons. The Hall–Kier alpha value is -1.78. The van der Waals surface area contributed by atoms with E-state index in [2.05, 4.69) is 68.4 Å². The summed E-state index contributed by atoms with van der Waals surface area (Å²) in [7, 11) is 0. The number of aryl methyl sites for hydroxylation is 1.